The number of rotatable bonds is 4. The number of para-hydroxylation sites is 1. The lowest BCUT2D eigenvalue weighted by Crippen LogP contribution is -2.48. The maximum absolute atomic E-state index is 13.0. The third-order valence-electron chi connectivity index (χ3n) is 5.27. The number of benzene rings is 1. The second-order valence-electron chi connectivity index (χ2n) is 7.26. The first-order valence-corrected chi connectivity index (χ1v) is 10.9. The van der Waals surface area contributed by atoms with E-state index in [-0.39, 0.29) is 29.4 Å². The molecule has 1 saturated heterocycles. The van der Waals surface area contributed by atoms with Crippen LogP contribution in [-0.2, 0) is 10.0 Å². The fourth-order valence-corrected chi connectivity index (χ4v) is 5.60. The zero-order chi connectivity index (χ0) is 21.6. The van der Waals surface area contributed by atoms with Gasteiger partial charge in [0.05, 0.1) is 4.92 Å². The number of fused-ring (bicyclic) bond motifs is 1. The van der Waals surface area contributed by atoms with Gasteiger partial charge in [0.1, 0.15) is 10.6 Å². The Labute approximate surface area is 173 Å². The number of nitro benzene ring substituents is 1. The van der Waals surface area contributed by atoms with Crippen LogP contribution in [0.15, 0.2) is 33.7 Å². The van der Waals surface area contributed by atoms with E-state index in [1.807, 2.05) is 11.0 Å². The lowest BCUT2D eigenvalue weighted by atomic mass is 10.1. The standard InChI is InChI=1S/C19H21N5O5S/c1-12-11-17(15-5-4-6-16(24(25)26)18(15)20-12)22-7-9-23(10-8-22)30(27,28)19-13(2)21-29-14(19)3/h4-6,11H,7-10H2,1-3H3. The Morgan fingerprint density at radius 2 is 1.83 bits per heavy atom. The van der Waals surface area contributed by atoms with Gasteiger partial charge in [0.25, 0.3) is 5.69 Å². The second kappa shape index (κ2) is 7.33. The second-order valence-corrected chi connectivity index (χ2v) is 9.13. The minimum Gasteiger partial charge on any atom is -0.368 e. The Balaban J connectivity index is 1.65. The van der Waals surface area contributed by atoms with E-state index in [1.54, 1.807) is 32.9 Å². The van der Waals surface area contributed by atoms with Gasteiger partial charge in [0, 0.05) is 49.0 Å². The topological polar surface area (TPSA) is 123 Å². The monoisotopic (exact) mass is 431 g/mol. The van der Waals surface area contributed by atoms with Gasteiger partial charge >= 0.3 is 0 Å². The molecular weight excluding hydrogens is 410 g/mol. The normalized spacial score (nSPS) is 15.6. The average Bonchev–Trinajstić information content (AvgIpc) is 3.05. The van der Waals surface area contributed by atoms with Crippen molar-refractivity contribution in [3.8, 4) is 0 Å². The zero-order valence-corrected chi connectivity index (χ0v) is 17.6. The minimum atomic E-state index is -3.71. The van der Waals surface area contributed by atoms with Crippen LogP contribution in [0, 0.1) is 30.9 Å². The molecule has 11 heteroatoms. The van der Waals surface area contributed by atoms with E-state index in [0.29, 0.717) is 35.4 Å². The van der Waals surface area contributed by atoms with Crippen molar-refractivity contribution in [2.45, 2.75) is 25.7 Å². The summed E-state index contributed by atoms with van der Waals surface area (Å²) in [6.45, 7) is 6.44. The fourth-order valence-electron chi connectivity index (χ4n) is 3.89. The van der Waals surface area contributed by atoms with Crippen molar-refractivity contribution in [3.63, 3.8) is 0 Å². The highest BCUT2D eigenvalue weighted by Crippen LogP contribution is 2.33. The van der Waals surface area contributed by atoms with E-state index >= 15 is 0 Å². The van der Waals surface area contributed by atoms with Gasteiger partial charge in [-0.2, -0.15) is 4.31 Å². The lowest BCUT2D eigenvalue weighted by Gasteiger charge is -2.35. The maximum atomic E-state index is 13.0. The summed E-state index contributed by atoms with van der Waals surface area (Å²) < 4.78 is 32.5. The van der Waals surface area contributed by atoms with E-state index in [2.05, 4.69) is 10.1 Å². The molecule has 0 N–H and O–H groups in total. The highest BCUT2D eigenvalue weighted by molar-refractivity contribution is 7.89. The lowest BCUT2D eigenvalue weighted by molar-refractivity contribution is -0.383. The van der Waals surface area contributed by atoms with Crippen LogP contribution in [0.25, 0.3) is 10.9 Å². The number of sulfonamides is 1. The Morgan fingerprint density at radius 3 is 2.43 bits per heavy atom. The first kappa shape index (κ1) is 20.2. The van der Waals surface area contributed by atoms with E-state index in [1.165, 1.54) is 10.4 Å². The zero-order valence-electron chi connectivity index (χ0n) is 16.8. The third kappa shape index (κ3) is 3.29. The molecule has 0 radical (unpaired) electrons. The summed E-state index contributed by atoms with van der Waals surface area (Å²) >= 11 is 0. The van der Waals surface area contributed by atoms with Gasteiger partial charge in [-0.3, -0.25) is 10.1 Å². The summed E-state index contributed by atoms with van der Waals surface area (Å²) in [5.41, 5.74) is 2.12. The average molecular weight is 431 g/mol. The van der Waals surface area contributed by atoms with Gasteiger partial charge in [-0.25, -0.2) is 13.4 Å². The molecule has 0 aliphatic carbocycles. The molecule has 3 heterocycles. The van der Waals surface area contributed by atoms with Crippen molar-refractivity contribution in [3.05, 3.63) is 51.5 Å². The van der Waals surface area contributed by atoms with Crippen molar-refractivity contribution in [1.82, 2.24) is 14.4 Å². The number of nitrogens with zero attached hydrogens (tertiary/aromatic N) is 5. The molecule has 0 atom stereocenters. The Morgan fingerprint density at radius 1 is 1.13 bits per heavy atom. The predicted octanol–water partition coefficient (Wildman–Crippen LogP) is 2.57. The van der Waals surface area contributed by atoms with Gasteiger partial charge in [-0.1, -0.05) is 17.3 Å². The summed E-state index contributed by atoms with van der Waals surface area (Å²) in [5, 5.41) is 15.8. The van der Waals surface area contributed by atoms with E-state index in [0.717, 1.165) is 5.69 Å². The largest absolute Gasteiger partial charge is 0.368 e. The Hall–Kier alpha value is -3.05. The number of aryl methyl sites for hydroxylation is 3. The molecule has 30 heavy (non-hydrogen) atoms. The number of non-ortho nitro benzene ring substituents is 1. The number of piperazine rings is 1. The van der Waals surface area contributed by atoms with Crippen LogP contribution in [0.2, 0.25) is 0 Å². The van der Waals surface area contributed by atoms with Crippen molar-refractivity contribution >= 4 is 32.3 Å². The first-order valence-electron chi connectivity index (χ1n) is 9.43. The Bertz CT molecular complexity index is 1230. The predicted molar refractivity (Wildman–Crippen MR) is 110 cm³/mol. The van der Waals surface area contributed by atoms with Crippen LogP contribution >= 0.6 is 0 Å². The minimum absolute atomic E-state index is 0.0444. The molecule has 1 fully saturated rings. The fraction of sp³-hybridized carbons (Fsp3) is 0.368. The molecule has 0 amide bonds. The molecule has 0 spiro atoms. The summed E-state index contributed by atoms with van der Waals surface area (Å²) in [4.78, 5) is 17.5. The molecule has 2 aromatic heterocycles. The summed E-state index contributed by atoms with van der Waals surface area (Å²) in [6.07, 6.45) is 0. The highest BCUT2D eigenvalue weighted by Gasteiger charge is 2.33. The van der Waals surface area contributed by atoms with Crippen molar-refractivity contribution < 1.29 is 17.9 Å². The number of hydrogen-bond acceptors (Lipinski definition) is 8. The SMILES string of the molecule is Cc1cc(N2CCN(S(=O)(=O)c3c(C)noc3C)CC2)c2cccc([N+](=O)[O-])c2n1. The van der Waals surface area contributed by atoms with E-state index < -0.39 is 14.9 Å². The van der Waals surface area contributed by atoms with Gasteiger partial charge in [-0.05, 0) is 26.8 Å². The van der Waals surface area contributed by atoms with Crippen LogP contribution in [-0.4, -0.2) is 54.0 Å². The molecule has 1 aliphatic heterocycles. The Kier molecular flexibility index (Phi) is 4.94. The number of anilines is 1. The molecule has 0 bridgehead atoms. The van der Waals surface area contributed by atoms with Crippen molar-refractivity contribution in [2.24, 2.45) is 0 Å². The van der Waals surface area contributed by atoms with Gasteiger partial charge in [-0.15, -0.1) is 0 Å². The number of pyridine rings is 1. The van der Waals surface area contributed by atoms with Crippen molar-refractivity contribution in [1.29, 1.82) is 0 Å². The maximum Gasteiger partial charge on any atom is 0.295 e. The number of hydrogen-bond donors (Lipinski definition) is 0. The molecule has 4 rings (SSSR count). The molecule has 1 aliphatic rings. The van der Waals surface area contributed by atoms with Crippen molar-refractivity contribution in [2.75, 3.05) is 31.1 Å². The van der Waals surface area contributed by atoms with Crippen LogP contribution in [0.3, 0.4) is 0 Å². The van der Waals surface area contributed by atoms with Gasteiger partial charge < -0.3 is 9.42 Å². The molecular formula is C19H21N5O5S. The summed E-state index contributed by atoms with van der Waals surface area (Å²) in [5.74, 6) is 0.276. The molecule has 0 unspecified atom stereocenters. The van der Waals surface area contributed by atoms with E-state index in [4.69, 9.17) is 4.52 Å². The van der Waals surface area contributed by atoms with Crippen LogP contribution < -0.4 is 4.90 Å². The highest BCUT2D eigenvalue weighted by atomic mass is 32.2. The molecule has 3 aromatic rings. The summed E-state index contributed by atoms with van der Waals surface area (Å²) in [6, 6.07) is 6.76. The quantitative estimate of drug-likeness (QED) is 0.456. The number of nitro groups is 1. The molecule has 1 aromatic carbocycles. The first-order chi connectivity index (χ1) is 14.2. The van der Waals surface area contributed by atoms with Crippen LogP contribution in [0.5, 0.6) is 0 Å². The molecule has 0 saturated carbocycles. The van der Waals surface area contributed by atoms with Crippen LogP contribution in [0.1, 0.15) is 17.1 Å². The summed E-state index contributed by atoms with van der Waals surface area (Å²) in [7, 11) is -3.71. The molecule has 10 nitrogen and oxygen atoms in total. The van der Waals surface area contributed by atoms with Gasteiger partial charge in [0.2, 0.25) is 10.0 Å². The van der Waals surface area contributed by atoms with Crippen LogP contribution in [0.4, 0.5) is 11.4 Å². The number of aromatic nitrogens is 2. The van der Waals surface area contributed by atoms with Gasteiger partial charge in [0.15, 0.2) is 11.3 Å². The van der Waals surface area contributed by atoms with E-state index in [9.17, 15) is 18.5 Å². The smallest absolute Gasteiger partial charge is 0.295 e. The third-order valence-corrected chi connectivity index (χ3v) is 7.41. The molecule has 158 valence electrons.